The minimum atomic E-state index is -3.34. The normalized spacial score (nSPS) is 11.9. The number of anilines is 1. The lowest BCUT2D eigenvalue weighted by Crippen LogP contribution is -2.38. The van der Waals surface area contributed by atoms with Gasteiger partial charge in [0.15, 0.2) is 5.96 Å². The van der Waals surface area contributed by atoms with Gasteiger partial charge in [-0.05, 0) is 29.3 Å². The Labute approximate surface area is 159 Å². The van der Waals surface area contributed by atoms with Crippen LogP contribution >= 0.6 is 11.6 Å². The first-order valence-electron chi connectivity index (χ1n) is 8.00. The summed E-state index contributed by atoms with van der Waals surface area (Å²) in [5, 5.41) is 3.95. The van der Waals surface area contributed by atoms with E-state index in [1.165, 1.54) is 0 Å². The molecule has 0 fully saturated rings. The van der Waals surface area contributed by atoms with Crippen molar-refractivity contribution in [1.82, 2.24) is 10.2 Å². The number of hydrogen-bond acceptors (Lipinski definition) is 3. The van der Waals surface area contributed by atoms with E-state index in [1.54, 1.807) is 19.2 Å². The van der Waals surface area contributed by atoms with Crippen LogP contribution in [0.1, 0.15) is 11.1 Å². The lowest BCUT2D eigenvalue weighted by atomic mass is 10.2. The standard InChI is InChI=1S/C18H23ClN4O2S/c1-20-18(23(2)13-14-7-6-9-16(19)11-14)21-12-15-8-4-5-10-17(15)22-26(3,24)25/h4-11,22H,12-13H2,1-3H3,(H,20,21). The first-order chi connectivity index (χ1) is 12.3. The molecule has 0 aliphatic rings. The number of halogens is 1. The number of para-hydroxylation sites is 1. The third-order valence-electron chi connectivity index (χ3n) is 3.63. The van der Waals surface area contributed by atoms with E-state index in [2.05, 4.69) is 15.0 Å². The highest BCUT2D eigenvalue weighted by molar-refractivity contribution is 7.92. The largest absolute Gasteiger partial charge is 0.352 e. The summed E-state index contributed by atoms with van der Waals surface area (Å²) >= 11 is 6.03. The van der Waals surface area contributed by atoms with Crippen LogP contribution < -0.4 is 10.0 Å². The number of rotatable bonds is 6. The van der Waals surface area contributed by atoms with Crippen LogP contribution in [0.5, 0.6) is 0 Å². The Hall–Kier alpha value is -2.25. The molecule has 2 rings (SSSR count). The zero-order valence-electron chi connectivity index (χ0n) is 15.0. The molecule has 2 aromatic rings. The van der Waals surface area contributed by atoms with Gasteiger partial charge in [0.2, 0.25) is 10.0 Å². The maximum atomic E-state index is 11.5. The highest BCUT2D eigenvalue weighted by atomic mass is 35.5. The molecule has 8 heteroatoms. The Kier molecular flexibility index (Phi) is 6.88. The number of sulfonamides is 1. The van der Waals surface area contributed by atoms with Crippen molar-refractivity contribution in [2.45, 2.75) is 13.1 Å². The van der Waals surface area contributed by atoms with Gasteiger partial charge in [0.25, 0.3) is 0 Å². The molecule has 0 heterocycles. The summed E-state index contributed by atoms with van der Waals surface area (Å²) in [4.78, 5) is 6.26. The van der Waals surface area contributed by atoms with Crippen molar-refractivity contribution in [2.24, 2.45) is 4.99 Å². The molecule has 6 nitrogen and oxygen atoms in total. The molecule has 2 aromatic carbocycles. The molecule has 26 heavy (non-hydrogen) atoms. The van der Waals surface area contributed by atoms with E-state index in [9.17, 15) is 8.42 Å². The molecule has 0 unspecified atom stereocenters. The minimum Gasteiger partial charge on any atom is -0.352 e. The lowest BCUT2D eigenvalue weighted by Gasteiger charge is -2.23. The second-order valence-corrected chi connectivity index (χ2v) is 8.10. The van der Waals surface area contributed by atoms with Crippen LogP contribution in [-0.4, -0.2) is 39.6 Å². The molecular weight excluding hydrogens is 372 g/mol. The van der Waals surface area contributed by atoms with E-state index < -0.39 is 10.0 Å². The number of benzene rings is 2. The lowest BCUT2D eigenvalue weighted by molar-refractivity contribution is 0.476. The molecule has 0 aliphatic heterocycles. The fourth-order valence-electron chi connectivity index (χ4n) is 2.52. The van der Waals surface area contributed by atoms with Crippen LogP contribution in [0.25, 0.3) is 0 Å². The molecule has 0 saturated heterocycles. The van der Waals surface area contributed by atoms with Crippen molar-refractivity contribution < 1.29 is 8.42 Å². The quantitative estimate of drug-likeness (QED) is 0.583. The fraction of sp³-hybridized carbons (Fsp3) is 0.278. The van der Waals surface area contributed by atoms with Crippen molar-refractivity contribution in [3.05, 3.63) is 64.7 Å². The van der Waals surface area contributed by atoms with Crippen molar-refractivity contribution in [3.63, 3.8) is 0 Å². The van der Waals surface area contributed by atoms with E-state index in [0.717, 1.165) is 17.4 Å². The number of hydrogen-bond donors (Lipinski definition) is 2. The Morgan fingerprint density at radius 1 is 1.19 bits per heavy atom. The maximum Gasteiger partial charge on any atom is 0.229 e. The van der Waals surface area contributed by atoms with Crippen molar-refractivity contribution in [1.29, 1.82) is 0 Å². The summed E-state index contributed by atoms with van der Waals surface area (Å²) in [6.07, 6.45) is 1.13. The Morgan fingerprint density at radius 2 is 1.92 bits per heavy atom. The number of guanidine groups is 1. The van der Waals surface area contributed by atoms with Crippen LogP contribution in [0.3, 0.4) is 0 Å². The number of nitrogens with zero attached hydrogens (tertiary/aromatic N) is 2. The van der Waals surface area contributed by atoms with Gasteiger partial charge in [0.05, 0.1) is 11.9 Å². The maximum absolute atomic E-state index is 11.5. The Bertz CT molecular complexity index is 884. The minimum absolute atomic E-state index is 0.436. The zero-order valence-corrected chi connectivity index (χ0v) is 16.6. The number of aliphatic imine (C=N–C) groups is 1. The average Bonchev–Trinajstić information content (AvgIpc) is 2.55. The molecular formula is C18H23ClN4O2S. The highest BCUT2D eigenvalue weighted by Crippen LogP contribution is 2.16. The highest BCUT2D eigenvalue weighted by Gasteiger charge is 2.10. The van der Waals surface area contributed by atoms with E-state index >= 15 is 0 Å². The third-order valence-corrected chi connectivity index (χ3v) is 4.46. The smallest absolute Gasteiger partial charge is 0.229 e. The fourth-order valence-corrected chi connectivity index (χ4v) is 3.33. The van der Waals surface area contributed by atoms with Gasteiger partial charge in [-0.2, -0.15) is 0 Å². The summed E-state index contributed by atoms with van der Waals surface area (Å²) in [6.45, 7) is 1.08. The molecule has 140 valence electrons. The first-order valence-corrected chi connectivity index (χ1v) is 10.3. The van der Waals surface area contributed by atoms with Gasteiger partial charge in [-0.25, -0.2) is 8.42 Å². The van der Waals surface area contributed by atoms with E-state index in [1.807, 2.05) is 48.3 Å². The SMILES string of the molecule is CN=C(NCc1ccccc1NS(C)(=O)=O)N(C)Cc1cccc(Cl)c1. The molecule has 0 aliphatic carbocycles. The average molecular weight is 395 g/mol. The Balaban J connectivity index is 2.05. The molecule has 0 radical (unpaired) electrons. The van der Waals surface area contributed by atoms with Crippen LogP contribution in [0.15, 0.2) is 53.5 Å². The van der Waals surface area contributed by atoms with Gasteiger partial charge in [-0.15, -0.1) is 0 Å². The van der Waals surface area contributed by atoms with Crippen LogP contribution in [0.2, 0.25) is 5.02 Å². The molecule has 0 aromatic heterocycles. The summed E-state index contributed by atoms with van der Waals surface area (Å²) in [5.41, 5.74) is 2.45. The van der Waals surface area contributed by atoms with Crippen LogP contribution in [0.4, 0.5) is 5.69 Å². The van der Waals surface area contributed by atoms with Crippen molar-refractivity contribution in [3.8, 4) is 0 Å². The van der Waals surface area contributed by atoms with Gasteiger partial charge in [0, 0.05) is 32.2 Å². The van der Waals surface area contributed by atoms with Gasteiger partial charge >= 0.3 is 0 Å². The summed E-state index contributed by atoms with van der Waals surface area (Å²) in [6, 6.07) is 14.9. The number of nitrogens with one attached hydrogen (secondary N) is 2. The predicted octanol–water partition coefficient (Wildman–Crippen LogP) is 2.92. The molecule has 0 atom stereocenters. The van der Waals surface area contributed by atoms with Crippen LogP contribution in [-0.2, 0) is 23.1 Å². The van der Waals surface area contributed by atoms with Gasteiger partial charge in [0.1, 0.15) is 0 Å². The molecule has 0 spiro atoms. The summed E-state index contributed by atoms with van der Waals surface area (Å²) in [7, 11) is 0.297. The van der Waals surface area contributed by atoms with E-state index in [-0.39, 0.29) is 0 Å². The predicted molar refractivity (Wildman–Crippen MR) is 108 cm³/mol. The summed E-state index contributed by atoms with van der Waals surface area (Å²) in [5.74, 6) is 0.694. The van der Waals surface area contributed by atoms with Crippen molar-refractivity contribution >= 4 is 33.3 Å². The Morgan fingerprint density at radius 3 is 2.58 bits per heavy atom. The molecule has 2 N–H and O–H groups in total. The van der Waals surface area contributed by atoms with Gasteiger partial charge < -0.3 is 10.2 Å². The van der Waals surface area contributed by atoms with E-state index in [4.69, 9.17) is 11.6 Å². The van der Waals surface area contributed by atoms with Crippen LogP contribution in [0, 0.1) is 0 Å². The first kappa shape index (κ1) is 20.1. The molecule has 0 saturated carbocycles. The van der Waals surface area contributed by atoms with Gasteiger partial charge in [-0.3, -0.25) is 9.71 Å². The summed E-state index contributed by atoms with van der Waals surface area (Å²) < 4.78 is 25.6. The second kappa shape index (κ2) is 8.91. The second-order valence-electron chi connectivity index (χ2n) is 5.92. The monoisotopic (exact) mass is 394 g/mol. The van der Waals surface area contributed by atoms with Gasteiger partial charge in [-0.1, -0.05) is 41.9 Å². The topological polar surface area (TPSA) is 73.8 Å². The molecule has 0 amide bonds. The van der Waals surface area contributed by atoms with E-state index in [0.29, 0.717) is 29.8 Å². The van der Waals surface area contributed by atoms with Crippen molar-refractivity contribution in [2.75, 3.05) is 25.1 Å². The third kappa shape index (κ3) is 6.24. The zero-order chi connectivity index (χ0) is 19.2. The molecule has 0 bridgehead atoms.